The van der Waals surface area contributed by atoms with Crippen molar-refractivity contribution in [2.75, 3.05) is 5.32 Å². The fraction of sp³-hybridized carbons (Fsp3) is 0. The van der Waals surface area contributed by atoms with Crippen LogP contribution in [0.1, 0.15) is 10.6 Å². The molecule has 0 unspecified atom stereocenters. The van der Waals surface area contributed by atoms with E-state index in [2.05, 4.69) is 20.3 Å². The number of pyridine rings is 1. The molecule has 4 aromatic rings. The largest absolute Gasteiger partial charge is 0.457 e. The molecule has 0 aliphatic rings. The minimum absolute atomic E-state index is 0.211. The van der Waals surface area contributed by atoms with Crippen molar-refractivity contribution in [1.82, 2.24) is 15.0 Å². The van der Waals surface area contributed by atoms with Gasteiger partial charge in [-0.3, -0.25) is 9.78 Å². The highest BCUT2D eigenvalue weighted by Gasteiger charge is 2.12. The Balaban J connectivity index is 1.52. The standard InChI is InChI=1S/C19H13ClN4O2/c20-12-4-5-16-17(10-12)24-18(23-16)19(25)22-13-2-1-3-15(11-13)26-14-6-8-21-9-7-14/h1-11H,(H,22,25)(H,23,24). The molecular weight excluding hydrogens is 352 g/mol. The van der Waals surface area contributed by atoms with Crippen molar-refractivity contribution in [3.05, 3.63) is 77.8 Å². The summed E-state index contributed by atoms with van der Waals surface area (Å²) in [6, 6.07) is 15.8. The van der Waals surface area contributed by atoms with Gasteiger partial charge in [0, 0.05) is 29.2 Å². The molecule has 2 aromatic heterocycles. The van der Waals surface area contributed by atoms with Crippen LogP contribution in [0.25, 0.3) is 11.0 Å². The van der Waals surface area contributed by atoms with E-state index < -0.39 is 0 Å². The Morgan fingerprint density at radius 1 is 1.04 bits per heavy atom. The maximum absolute atomic E-state index is 12.5. The van der Waals surface area contributed by atoms with Crippen LogP contribution in [0.3, 0.4) is 0 Å². The smallest absolute Gasteiger partial charge is 0.291 e. The number of anilines is 1. The fourth-order valence-corrected chi connectivity index (χ4v) is 2.63. The minimum Gasteiger partial charge on any atom is -0.457 e. The summed E-state index contributed by atoms with van der Waals surface area (Å²) in [6.07, 6.45) is 3.30. The molecule has 0 spiro atoms. The van der Waals surface area contributed by atoms with Crippen LogP contribution in [0, 0.1) is 0 Å². The molecule has 6 nitrogen and oxygen atoms in total. The van der Waals surface area contributed by atoms with Crippen LogP contribution in [0.2, 0.25) is 5.02 Å². The summed E-state index contributed by atoms with van der Waals surface area (Å²) in [6.45, 7) is 0. The normalized spacial score (nSPS) is 10.7. The van der Waals surface area contributed by atoms with Gasteiger partial charge in [0.2, 0.25) is 0 Å². The van der Waals surface area contributed by atoms with Gasteiger partial charge < -0.3 is 15.0 Å². The van der Waals surface area contributed by atoms with Gasteiger partial charge >= 0.3 is 0 Å². The summed E-state index contributed by atoms with van der Waals surface area (Å²) in [5.74, 6) is 1.13. The van der Waals surface area contributed by atoms with Crippen LogP contribution in [-0.2, 0) is 0 Å². The van der Waals surface area contributed by atoms with E-state index in [4.69, 9.17) is 16.3 Å². The number of H-pyrrole nitrogens is 1. The van der Waals surface area contributed by atoms with Gasteiger partial charge in [-0.2, -0.15) is 0 Å². The van der Waals surface area contributed by atoms with Crippen LogP contribution < -0.4 is 10.1 Å². The number of benzene rings is 2. The van der Waals surface area contributed by atoms with E-state index in [9.17, 15) is 4.79 Å². The summed E-state index contributed by atoms with van der Waals surface area (Å²) in [5, 5.41) is 3.38. The number of imidazole rings is 1. The van der Waals surface area contributed by atoms with E-state index in [0.717, 1.165) is 0 Å². The molecule has 0 saturated carbocycles. The quantitative estimate of drug-likeness (QED) is 0.552. The molecule has 128 valence electrons. The zero-order chi connectivity index (χ0) is 17.9. The molecule has 4 rings (SSSR count). The lowest BCUT2D eigenvalue weighted by molar-refractivity contribution is 0.101. The molecule has 0 fully saturated rings. The van der Waals surface area contributed by atoms with E-state index in [1.807, 2.05) is 0 Å². The molecule has 0 bridgehead atoms. The number of carbonyl (C=O) groups is 1. The number of aromatic amines is 1. The maximum atomic E-state index is 12.5. The molecule has 1 amide bonds. The Bertz CT molecular complexity index is 1080. The fourth-order valence-electron chi connectivity index (χ4n) is 2.46. The summed E-state index contributed by atoms with van der Waals surface area (Å²) in [5.41, 5.74) is 1.98. The van der Waals surface area contributed by atoms with Crippen molar-refractivity contribution in [1.29, 1.82) is 0 Å². The van der Waals surface area contributed by atoms with E-state index in [0.29, 0.717) is 33.2 Å². The predicted molar refractivity (Wildman–Crippen MR) is 99.8 cm³/mol. The third-order valence-corrected chi connectivity index (χ3v) is 3.87. The van der Waals surface area contributed by atoms with Gasteiger partial charge in [-0.05, 0) is 42.5 Å². The number of ether oxygens (including phenoxy) is 1. The van der Waals surface area contributed by atoms with Crippen LogP contribution in [0.4, 0.5) is 5.69 Å². The first-order chi connectivity index (χ1) is 12.7. The number of nitrogens with zero attached hydrogens (tertiary/aromatic N) is 2. The van der Waals surface area contributed by atoms with E-state index in [-0.39, 0.29) is 11.7 Å². The first-order valence-corrected chi connectivity index (χ1v) is 8.20. The number of aromatic nitrogens is 3. The number of amides is 1. The second-order valence-corrected chi connectivity index (χ2v) is 5.95. The Hall–Kier alpha value is -3.38. The summed E-state index contributed by atoms with van der Waals surface area (Å²) >= 11 is 5.96. The zero-order valence-electron chi connectivity index (χ0n) is 13.4. The highest BCUT2D eigenvalue weighted by atomic mass is 35.5. The Kier molecular flexibility index (Phi) is 4.25. The maximum Gasteiger partial charge on any atom is 0.291 e. The first kappa shape index (κ1) is 16.1. The van der Waals surface area contributed by atoms with Crippen LogP contribution in [0.15, 0.2) is 67.0 Å². The number of hydrogen-bond acceptors (Lipinski definition) is 4. The molecule has 2 heterocycles. The van der Waals surface area contributed by atoms with Crippen molar-refractivity contribution in [2.45, 2.75) is 0 Å². The Morgan fingerprint density at radius 3 is 2.73 bits per heavy atom. The molecule has 7 heteroatoms. The SMILES string of the molecule is O=C(Nc1cccc(Oc2ccncc2)c1)c1nc2ccc(Cl)cc2[nH]1. The molecule has 26 heavy (non-hydrogen) atoms. The van der Waals surface area contributed by atoms with Crippen molar-refractivity contribution in [2.24, 2.45) is 0 Å². The van der Waals surface area contributed by atoms with Gasteiger partial charge in [0.25, 0.3) is 5.91 Å². The number of hydrogen-bond donors (Lipinski definition) is 2. The third-order valence-electron chi connectivity index (χ3n) is 3.64. The van der Waals surface area contributed by atoms with Crippen LogP contribution in [0.5, 0.6) is 11.5 Å². The highest BCUT2D eigenvalue weighted by molar-refractivity contribution is 6.31. The lowest BCUT2D eigenvalue weighted by Gasteiger charge is -2.08. The second-order valence-electron chi connectivity index (χ2n) is 5.51. The predicted octanol–water partition coefficient (Wildman–Crippen LogP) is 4.66. The number of rotatable bonds is 4. The van der Waals surface area contributed by atoms with Crippen molar-refractivity contribution in [3.8, 4) is 11.5 Å². The van der Waals surface area contributed by atoms with Crippen molar-refractivity contribution >= 4 is 34.2 Å². The van der Waals surface area contributed by atoms with Crippen molar-refractivity contribution < 1.29 is 9.53 Å². The van der Waals surface area contributed by atoms with E-state index >= 15 is 0 Å². The molecule has 2 N–H and O–H groups in total. The zero-order valence-corrected chi connectivity index (χ0v) is 14.2. The molecular formula is C19H13ClN4O2. The highest BCUT2D eigenvalue weighted by Crippen LogP contribution is 2.24. The lowest BCUT2D eigenvalue weighted by atomic mass is 10.3. The third kappa shape index (κ3) is 3.50. The molecule has 0 radical (unpaired) electrons. The molecule has 0 atom stereocenters. The van der Waals surface area contributed by atoms with E-state index in [1.165, 1.54) is 0 Å². The molecule has 2 aromatic carbocycles. The monoisotopic (exact) mass is 364 g/mol. The van der Waals surface area contributed by atoms with Crippen LogP contribution in [-0.4, -0.2) is 20.9 Å². The lowest BCUT2D eigenvalue weighted by Crippen LogP contribution is -2.13. The Morgan fingerprint density at radius 2 is 1.88 bits per heavy atom. The van der Waals surface area contributed by atoms with Gasteiger partial charge in [-0.15, -0.1) is 0 Å². The summed E-state index contributed by atoms with van der Waals surface area (Å²) in [4.78, 5) is 23.6. The van der Waals surface area contributed by atoms with Gasteiger partial charge in [0.15, 0.2) is 5.82 Å². The second kappa shape index (κ2) is 6.85. The van der Waals surface area contributed by atoms with Gasteiger partial charge in [0.1, 0.15) is 11.5 Å². The summed E-state index contributed by atoms with van der Waals surface area (Å²) in [7, 11) is 0. The number of nitrogens with one attached hydrogen (secondary N) is 2. The number of carbonyl (C=O) groups excluding carboxylic acids is 1. The average Bonchev–Trinajstić information content (AvgIpc) is 3.06. The van der Waals surface area contributed by atoms with Gasteiger partial charge in [0.05, 0.1) is 11.0 Å². The topological polar surface area (TPSA) is 79.9 Å². The average molecular weight is 365 g/mol. The van der Waals surface area contributed by atoms with Crippen molar-refractivity contribution in [3.63, 3.8) is 0 Å². The number of halogens is 1. The molecule has 0 aliphatic carbocycles. The first-order valence-electron chi connectivity index (χ1n) is 7.82. The molecule has 0 saturated heterocycles. The van der Waals surface area contributed by atoms with E-state index in [1.54, 1.807) is 67.0 Å². The minimum atomic E-state index is -0.349. The van der Waals surface area contributed by atoms with Crippen LogP contribution >= 0.6 is 11.6 Å². The van der Waals surface area contributed by atoms with Gasteiger partial charge in [-0.1, -0.05) is 17.7 Å². The Labute approximate surface area is 153 Å². The van der Waals surface area contributed by atoms with Gasteiger partial charge in [-0.25, -0.2) is 4.98 Å². The molecule has 0 aliphatic heterocycles. The number of fused-ring (bicyclic) bond motifs is 1. The summed E-state index contributed by atoms with van der Waals surface area (Å²) < 4.78 is 5.74.